The van der Waals surface area contributed by atoms with Crippen LogP contribution in [0.5, 0.6) is 5.75 Å². The molecule has 2 N–H and O–H groups in total. The van der Waals surface area contributed by atoms with E-state index < -0.39 is 0 Å². The van der Waals surface area contributed by atoms with Crippen molar-refractivity contribution < 1.29 is 4.74 Å². The van der Waals surface area contributed by atoms with Crippen LogP contribution < -0.4 is 15.4 Å². The number of anilines is 1. The number of benzene rings is 1. The molecule has 3 heteroatoms. The fraction of sp³-hybridized carbons (Fsp3) is 0.600. The number of methoxy groups -OCH3 is 1. The first-order valence-corrected chi connectivity index (χ1v) is 6.65. The number of hydrogen-bond donors (Lipinski definition) is 2. The Morgan fingerprint density at radius 3 is 2.33 bits per heavy atom. The third-order valence-corrected chi connectivity index (χ3v) is 3.35. The standard InChI is InChI=1S/C15H26N2O/c1-11-10-12(2)14(15(18-5)13(11)3)17-9-7-6-8-16-4/h10,16-17H,6-9H2,1-5H3. The summed E-state index contributed by atoms with van der Waals surface area (Å²) in [6, 6.07) is 2.22. The minimum absolute atomic E-state index is 0.987. The molecule has 0 aliphatic rings. The van der Waals surface area contributed by atoms with Gasteiger partial charge >= 0.3 is 0 Å². The number of rotatable bonds is 7. The molecule has 1 rings (SSSR count). The molecule has 0 unspecified atom stereocenters. The lowest BCUT2D eigenvalue weighted by molar-refractivity contribution is 0.412. The van der Waals surface area contributed by atoms with E-state index in [1.165, 1.54) is 23.1 Å². The zero-order valence-electron chi connectivity index (χ0n) is 12.3. The second-order valence-electron chi connectivity index (χ2n) is 4.78. The summed E-state index contributed by atoms with van der Waals surface area (Å²) in [4.78, 5) is 0. The third kappa shape index (κ3) is 3.64. The van der Waals surface area contributed by atoms with Crippen molar-refractivity contribution in [1.29, 1.82) is 0 Å². The van der Waals surface area contributed by atoms with E-state index >= 15 is 0 Å². The molecule has 0 bridgehead atoms. The second-order valence-corrected chi connectivity index (χ2v) is 4.78. The normalized spacial score (nSPS) is 10.5. The highest BCUT2D eigenvalue weighted by Crippen LogP contribution is 2.34. The summed E-state index contributed by atoms with van der Waals surface area (Å²) in [5.41, 5.74) is 4.90. The summed E-state index contributed by atoms with van der Waals surface area (Å²) >= 11 is 0. The van der Waals surface area contributed by atoms with Gasteiger partial charge in [0.1, 0.15) is 5.75 Å². The average molecular weight is 250 g/mol. The van der Waals surface area contributed by atoms with Gasteiger partial charge in [-0.2, -0.15) is 0 Å². The molecule has 102 valence electrons. The van der Waals surface area contributed by atoms with Crippen LogP contribution in [0.4, 0.5) is 5.69 Å². The number of nitrogens with one attached hydrogen (secondary N) is 2. The number of hydrogen-bond acceptors (Lipinski definition) is 3. The van der Waals surface area contributed by atoms with Crippen LogP contribution in [0.25, 0.3) is 0 Å². The predicted molar refractivity (Wildman–Crippen MR) is 78.9 cm³/mol. The molecule has 18 heavy (non-hydrogen) atoms. The highest BCUT2D eigenvalue weighted by Gasteiger charge is 2.11. The van der Waals surface area contributed by atoms with E-state index in [0.29, 0.717) is 0 Å². The van der Waals surface area contributed by atoms with E-state index in [4.69, 9.17) is 4.74 Å². The monoisotopic (exact) mass is 250 g/mol. The lowest BCUT2D eigenvalue weighted by atomic mass is 10.0. The molecular formula is C15H26N2O. The van der Waals surface area contributed by atoms with E-state index in [9.17, 15) is 0 Å². The molecule has 0 radical (unpaired) electrons. The number of aryl methyl sites for hydroxylation is 2. The lowest BCUT2D eigenvalue weighted by Crippen LogP contribution is -2.11. The molecule has 3 nitrogen and oxygen atoms in total. The van der Waals surface area contributed by atoms with E-state index in [2.05, 4.69) is 37.5 Å². The summed E-state index contributed by atoms with van der Waals surface area (Å²) in [7, 11) is 3.73. The Hall–Kier alpha value is -1.22. The molecule has 1 aromatic carbocycles. The largest absolute Gasteiger partial charge is 0.494 e. The minimum atomic E-state index is 0.987. The SMILES string of the molecule is CNCCCCNc1c(C)cc(C)c(C)c1OC. The quantitative estimate of drug-likeness (QED) is 0.730. The highest BCUT2D eigenvalue weighted by molar-refractivity contribution is 5.66. The van der Waals surface area contributed by atoms with Gasteiger partial charge in [-0.3, -0.25) is 0 Å². The Morgan fingerprint density at radius 1 is 1.06 bits per heavy atom. The van der Waals surface area contributed by atoms with Gasteiger partial charge in [-0.1, -0.05) is 6.07 Å². The first-order valence-electron chi connectivity index (χ1n) is 6.65. The van der Waals surface area contributed by atoms with Crippen molar-refractivity contribution in [2.45, 2.75) is 33.6 Å². The fourth-order valence-electron chi connectivity index (χ4n) is 2.17. The Kier molecular flexibility index (Phi) is 5.99. The van der Waals surface area contributed by atoms with E-state index in [1.807, 2.05) is 7.05 Å². The zero-order chi connectivity index (χ0) is 13.5. The molecule has 0 spiro atoms. The summed E-state index contributed by atoms with van der Waals surface area (Å²) in [6.07, 6.45) is 2.35. The maximum Gasteiger partial charge on any atom is 0.145 e. The molecule has 0 atom stereocenters. The molecule has 1 aromatic rings. The molecule has 0 aliphatic heterocycles. The smallest absolute Gasteiger partial charge is 0.145 e. The first kappa shape index (κ1) is 14.8. The topological polar surface area (TPSA) is 33.3 Å². The maximum absolute atomic E-state index is 5.54. The van der Waals surface area contributed by atoms with Gasteiger partial charge in [-0.05, 0) is 63.9 Å². The molecule has 0 heterocycles. The molecule has 0 amide bonds. The number of unbranched alkanes of at least 4 members (excludes halogenated alkanes) is 1. The summed E-state index contributed by atoms with van der Waals surface area (Å²) in [5.74, 6) is 0.987. The van der Waals surface area contributed by atoms with Crippen LogP contribution in [0.1, 0.15) is 29.5 Å². The van der Waals surface area contributed by atoms with Gasteiger partial charge in [0.25, 0.3) is 0 Å². The van der Waals surface area contributed by atoms with Gasteiger partial charge in [0.2, 0.25) is 0 Å². The molecule has 0 aliphatic carbocycles. The molecule has 0 aromatic heterocycles. The van der Waals surface area contributed by atoms with E-state index in [-0.39, 0.29) is 0 Å². The average Bonchev–Trinajstić information content (AvgIpc) is 2.35. The zero-order valence-corrected chi connectivity index (χ0v) is 12.3. The van der Waals surface area contributed by atoms with Crippen LogP contribution in [-0.4, -0.2) is 27.2 Å². The van der Waals surface area contributed by atoms with Crippen LogP contribution >= 0.6 is 0 Å². The molecule has 0 fully saturated rings. The van der Waals surface area contributed by atoms with Crippen molar-refractivity contribution in [3.8, 4) is 5.75 Å². The van der Waals surface area contributed by atoms with E-state index in [1.54, 1.807) is 7.11 Å². The van der Waals surface area contributed by atoms with Crippen LogP contribution in [0.15, 0.2) is 6.07 Å². The first-order chi connectivity index (χ1) is 8.61. The van der Waals surface area contributed by atoms with Gasteiger partial charge < -0.3 is 15.4 Å². The van der Waals surface area contributed by atoms with E-state index in [0.717, 1.165) is 30.9 Å². The number of ether oxygens (including phenoxy) is 1. The van der Waals surface area contributed by atoms with Gasteiger partial charge in [0.05, 0.1) is 12.8 Å². The Labute approximate surface area is 111 Å². The summed E-state index contributed by atoms with van der Waals surface area (Å²) in [6.45, 7) is 8.43. The summed E-state index contributed by atoms with van der Waals surface area (Å²) in [5, 5.41) is 6.67. The van der Waals surface area contributed by atoms with Crippen molar-refractivity contribution in [3.05, 3.63) is 22.8 Å². The minimum Gasteiger partial charge on any atom is -0.494 e. The second kappa shape index (κ2) is 7.27. The van der Waals surface area contributed by atoms with Crippen LogP contribution in [0, 0.1) is 20.8 Å². The van der Waals surface area contributed by atoms with Crippen LogP contribution in [0.2, 0.25) is 0 Å². The Bertz CT molecular complexity index is 389. The van der Waals surface area contributed by atoms with Crippen LogP contribution in [-0.2, 0) is 0 Å². The van der Waals surface area contributed by atoms with Crippen molar-refractivity contribution in [2.24, 2.45) is 0 Å². The van der Waals surface area contributed by atoms with Crippen molar-refractivity contribution in [3.63, 3.8) is 0 Å². The predicted octanol–water partition coefficient (Wildman–Crippen LogP) is 3.03. The molecular weight excluding hydrogens is 224 g/mol. The van der Waals surface area contributed by atoms with Gasteiger partial charge in [-0.15, -0.1) is 0 Å². The Morgan fingerprint density at radius 2 is 1.72 bits per heavy atom. The van der Waals surface area contributed by atoms with Crippen LogP contribution in [0.3, 0.4) is 0 Å². The lowest BCUT2D eigenvalue weighted by Gasteiger charge is -2.18. The van der Waals surface area contributed by atoms with Crippen molar-refractivity contribution in [2.75, 3.05) is 32.6 Å². The van der Waals surface area contributed by atoms with Crippen molar-refractivity contribution in [1.82, 2.24) is 5.32 Å². The fourth-order valence-corrected chi connectivity index (χ4v) is 2.17. The summed E-state index contributed by atoms with van der Waals surface area (Å²) < 4.78 is 5.54. The Balaban J connectivity index is 2.72. The van der Waals surface area contributed by atoms with Gasteiger partial charge in [0.15, 0.2) is 0 Å². The third-order valence-electron chi connectivity index (χ3n) is 3.35. The molecule has 0 saturated heterocycles. The van der Waals surface area contributed by atoms with Gasteiger partial charge in [-0.25, -0.2) is 0 Å². The van der Waals surface area contributed by atoms with Crippen molar-refractivity contribution >= 4 is 5.69 Å². The maximum atomic E-state index is 5.54. The van der Waals surface area contributed by atoms with Gasteiger partial charge in [0, 0.05) is 6.54 Å². The molecule has 0 saturated carbocycles. The highest BCUT2D eigenvalue weighted by atomic mass is 16.5.